The first-order valence-corrected chi connectivity index (χ1v) is 10.9. The molecule has 0 bridgehead atoms. The maximum atomic E-state index is 13.2. The Bertz CT molecular complexity index is 1350. The second kappa shape index (κ2) is 8.59. The maximum absolute atomic E-state index is 13.2. The van der Waals surface area contributed by atoms with Gasteiger partial charge in [0.05, 0.1) is 22.8 Å². The van der Waals surface area contributed by atoms with Gasteiger partial charge in [0.25, 0.3) is 5.91 Å². The van der Waals surface area contributed by atoms with Crippen molar-refractivity contribution in [3.63, 3.8) is 0 Å². The van der Waals surface area contributed by atoms with E-state index in [1.54, 1.807) is 4.57 Å². The van der Waals surface area contributed by atoms with Gasteiger partial charge in [-0.1, -0.05) is 12.1 Å². The molecule has 3 heterocycles. The fourth-order valence-corrected chi connectivity index (χ4v) is 3.85. The normalized spacial score (nSPS) is 12.7. The molecule has 9 nitrogen and oxygen atoms in total. The molecule has 5 rings (SSSR count). The van der Waals surface area contributed by atoms with Crippen LogP contribution in [0.4, 0.5) is 5.82 Å². The number of hydrogen-bond acceptors (Lipinski definition) is 7. The van der Waals surface area contributed by atoms with Crippen molar-refractivity contribution in [2.75, 3.05) is 25.7 Å². The molecule has 33 heavy (non-hydrogen) atoms. The number of fused-ring (bicyclic) bond motifs is 3. The predicted octanol–water partition coefficient (Wildman–Crippen LogP) is 3.43. The molecule has 0 saturated carbocycles. The highest BCUT2D eigenvalue weighted by molar-refractivity contribution is 6.11. The van der Waals surface area contributed by atoms with Crippen molar-refractivity contribution in [2.24, 2.45) is 0 Å². The van der Waals surface area contributed by atoms with E-state index in [9.17, 15) is 4.79 Å². The summed E-state index contributed by atoms with van der Waals surface area (Å²) < 4.78 is 18.2. The number of para-hydroxylation sites is 2. The largest absolute Gasteiger partial charge is 0.454 e. The monoisotopic (exact) mass is 447 g/mol. The van der Waals surface area contributed by atoms with Crippen LogP contribution in [-0.4, -0.2) is 46.5 Å². The van der Waals surface area contributed by atoms with Crippen LogP contribution in [0.1, 0.15) is 30.6 Å². The molecule has 1 amide bonds. The SMILES string of the molecule is CC(C)OCCCNC(=O)c1c(N)n(-c2ccc3c(c2)OCO3)c2nc3ccccc3nc12. The minimum Gasteiger partial charge on any atom is -0.454 e. The molecule has 1 aliphatic heterocycles. The standard InChI is InChI=1S/C24H25N5O4/c1-14(2)31-11-5-10-26-24(30)20-21-23(28-17-7-4-3-6-16(17)27-21)29(22(20)25)15-8-9-18-19(12-15)33-13-32-18/h3-4,6-9,12,14H,5,10-11,13,25H2,1-2H3,(H,26,30). The van der Waals surface area contributed by atoms with E-state index in [0.717, 1.165) is 0 Å². The number of ether oxygens (including phenoxy) is 3. The van der Waals surface area contributed by atoms with Crippen LogP contribution in [0.5, 0.6) is 11.5 Å². The Labute approximate surface area is 190 Å². The third kappa shape index (κ3) is 3.91. The lowest BCUT2D eigenvalue weighted by Gasteiger charge is -2.10. The maximum Gasteiger partial charge on any atom is 0.257 e. The van der Waals surface area contributed by atoms with Crippen molar-refractivity contribution in [2.45, 2.75) is 26.4 Å². The Morgan fingerprint density at radius 3 is 2.70 bits per heavy atom. The van der Waals surface area contributed by atoms with Gasteiger partial charge < -0.3 is 25.3 Å². The Kier molecular flexibility index (Phi) is 5.47. The average Bonchev–Trinajstić information content (AvgIpc) is 3.37. The highest BCUT2D eigenvalue weighted by atomic mass is 16.7. The van der Waals surface area contributed by atoms with E-state index in [4.69, 9.17) is 29.9 Å². The number of anilines is 1. The van der Waals surface area contributed by atoms with Crippen molar-refractivity contribution in [3.05, 3.63) is 48.0 Å². The van der Waals surface area contributed by atoms with E-state index in [1.807, 2.05) is 56.3 Å². The van der Waals surface area contributed by atoms with Gasteiger partial charge in [-0.05, 0) is 44.5 Å². The molecule has 0 spiro atoms. The van der Waals surface area contributed by atoms with E-state index in [2.05, 4.69) is 5.32 Å². The number of carbonyl (C=O) groups is 1. The fraction of sp³-hybridized carbons (Fsp3) is 0.292. The number of rotatable bonds is 7. The number of nitrogen functional groups attached to an aromatic ring is 1. The number of benzene rings is 2. The minimum absolute atomic E-state index is 0.152. The van der Waals surface area contributed by atoms with Gasteiger partial charge in [-0.25, -0.2) is 9.97 Å². The van der Waals surface area contributed by atoms with Crippen LogP contribution in [0.3, 0.4) is 0 Å². The first-order chi connectivity index (χ1) is 16.0. The smallest absolute Gasteiger partial charge is 0.257 e. The molecule has 3 N–H and O–H groups in total. The highest BCUT2D eigenvalue weighted by Gasteiger charge is 2.25. The Balaban J connectivity index is 1.58. The molecule has 0 unspecified atom stereocenters. The van der Waals surface area contributed by atoms with Gasteiger partial charge in [-0.3, -0.25) is 9.36 Å². The third-order valence-corrected chi connectivity index (χ3v) is 5.40. The molecule has 0 saturated heterocycles. The summed E-state index contributed by atoms with van der Waals surface area (Å²) >= 11 is 0. The van der Waals surface area contributed by atoms with Crippen LogP contribution in [0.15, 0.2) is 42.5 Å². The predicted molar refractivity (Wildman–Crippen MR) is 125 cm³/mol. The molecule has 4 aromatic rings. The summed E-state index contributed by atoms with van der Waals surface area (Å²) in [5, 5.41) is 2.94. The van der Waals surface area contributed by atoms with E-state index in [0.29, 0.717) is 64.5 Å². The fourth-order valence-electron chi connectivity index (χ4n) is 3.85. The van der Waals surface area contributed by atoms with Gasteiger partial charge in [-0.2, -0.15) is 0 Å². The van der Waals surface area contributed by atoms with Gasteiger partial charge in [0.1, 0.15) is 16.9 Å². The molecule has 0 atom stereocenters. The Hall–Kier alpha value is -3.85. The average molecular weight is 447 g/mol. The molecule has 9 heteroatoms. The lowest BCUT2D eigenvalue weighted by molar-refractivity contribution is 0.0757. The van der Waals surface area contributed by atoms with E-state index in [-0.39, 0.29) is 24.6 Å². The number of nitrogens with two attached hydrogens (primary N) is 1. The van der Waals surface area contributed by atoms with Crippen molar-refractivity contribution in [1.29, 1.82) is 0 Å². The van der Waals surface area contributed by atoms with E-state index >= 15 is 0 Å². The lowest BCUT2D eigenvalue weighted by atomic mass is 10.2. The molecular formula is C24H25N5O4. The Morgan fingerprint density at radius 2 is 1.91 bits per heavy atom. The van der Waals surface area contributed by atoms with Crippen molar-refractivity contribution >= 4 is 33.9 Å². The summed E-state index contributed by atoms with van der Waals surface area (Å²) in [5.74, 6) is 1.23. The van der Waals surface area contributed by atoms with Crippen LogP contribution in [0.25, 0.3) is 27.9 Å². The van der Waals surface area contributed by atoms with Crippen LogP contribution in [-0.2, 0) is 4.74 Å². The second-order valence-electron chi connectivity index (χ2n) is 8.05. The summed E-state index contributed by atoms with van der Waals surface area (Å²) in [6.45, 7) is 5.15. The van der Waals surface area contributed by atoms with Crippen LogP contribution in [0, 0.1) is 0 Å². The lowest BCUT2D eigenvalue weighted by Crippen LogP contribution is -2.26. The number of carbonyl (C=O) groups excluding carboxylic acids is 1. The number of amides is 1. The first-order valence-electron chi connectivity index (χ1n) is 10.9. The molecule has 2 aromatic carbocycles. The number of aromatic nitrogens is 3. The summed E-state index contributed by atoms with van der Waals surface area (Å²) in [6, 6.07) is 13.0. The minimum atomic E-state index is -0.300. The summed E-state index contributed by atoms with van der Waals surface area (Å²) in [4.78, 5) is 22.7. The van der Waals surface area contributed by atoms with Crippen molar-refractivity contribution in [3.8, 4) is 17.2 Å². The van der Waals surface area contributed by atoms with E-state index in [1.165, 1.54) is 0 Å². The topological polar surface area (TPSA) is 114 Å². The van der Waals surface area contributed by atoms with Crippen molar-refractivity contribution < 1.29 is 19.0 Å². The molecule has 1 aliphatic rings. The van der Waals surface area contributed by atoms with Gasteiger partial charge >= 0.3 is 0 Å². The van der Waals surface area contributed by atoms with Gasteiger partial charge in [0.15, 0.2) is 17.1 Å². The van der Waals surface area contributed by atoms with Crippen LogP contribution < -0.4 is 20.5 Å². The second-order valence-corrected chi connectivity index (χ2v) is 8.05. The highest BCUT2D eigenvalue weighted by Crippen LogP contribution is 2.37. The van der Waals surface area contributed by atoms with Crippen molar-refractivity contribution in [1.82, 2.24) is 19.9 Å². The molecule has 0 fully saturated rings. The van der Waals surface area contributed by atoms with E-state index < -0.39 is 0 Å². The third-order valence-electron chi connectivity index (χ3n) is 5.40. The number of nitrogens with one attached hydrogen (secondary N) is 1. The molecule has 2 aromatic heterocycles. The molecular weight excluding hydrogens is 422 g/mol. The summed E-state index contributed by atoms with van der Waals surface area (Å²) in [7, 11) is 0. The van der Waals surface area contributed by atoms with Crippen LogP contribution >= 0.6 is 0 Å². The molecule has 0 radical (unpaired) electrons. The van der Waals surface area contributed by atoms with Gasteiger partial charge in [0, 0.05) is 19.2 Å². The zero-order valence-corrected chi connectivity index (χ0v) is 18.5. The van der Waals surface area contributed by atoms with Crippen LogP contribution in [0.2, 0.25) is 0 Å². The molecule has 170 valence electrons. The zero-order valence-electron chi connectivity index (χ0n) is 18.5. The summed E-state index contributed by atoms with van der Waals surface area (Å²) in [5.41, 5.74) is 9.89. The zero-order chi connectivity index (χ0) is 22.9. The number of hydrogen-bond donors (Lipinski definition) is 2. The summed E-state index contributed by atoms with van der Waals surface area (Å²) in [6.07, 6.45) is 0.846. The molecule has 0 aliphatic carbocycles. The number of nitrogens with zero attached hydrogens (tertiary/aromatic N) is 3. The Morgan fingerprint density at radius 1 is 1.15 bits per heavy atom. The quantitative estimate of drug-likeness (QED) is 0.417. The first kappa shape index (κ1) is 21.0. The van der Waals surface area contributed by atoms with Gasteiger partial charge in [-0.15, -0.1) is 0 Å². The van der Waals surface area contributed by atoms with Gasteiger partial charge in [0.2, 0.25) is 6.79 Å².